The van der Waals surface area contributed by atoms with E-state index in [9.17, 15) is 9.18 Å². The van der Waals surface area contributed by atoms with Gasteiger partial charge in [0.05, 0.1) is 12.8 Å². The van der Waals surface area contributed by atoms with Crippen molar-refractivity contribution in [2.45, 2.75) is 6.92 Å². The van der Waals surface area contributed by atoms with Gasteiger partial charge >= 0.3 is 0 Å². The van der Waals surface area contributed by atoms with E-state index in [0.29, 0.717) is 5.69 Å². The standard InChI is InChI=1S/C13H13FN2O2/c1-8-6-7-10(15)13(17)16(8)12-9(14)4-3-5-11(12)18-2/h3-7H,15H2,1-2H3. The van der Waals surface area contributed by atoms with Crippen molar-refractivity contribution in [3.05, 3.63) is 52.2 Å². The van der Waals surface area contributed by atoms with Crippen LogP contribution >= 0.6 is 0 Å². The van der Waals surface area contributed by atoms with Crippen molar-refractivity contribution in [1.82, 2.24) is 4.57 Å². The quantitative estimate of drug-likeness (QED) is 0.882. The van der Waals surface area contributed by atoms with Gasteiger partial charge in [-0.25, -0.2) is 4.39 Å². The Morgan fingerprint density at radius 2 is 2.00 bits per heavy atom. The lowest BCUT2D eigenvalue weighted by Crippen LogP contribution is -2.24. The van der Waals surface area contributed by atoms with Crippen LogP contribution in [0, 0.1) is 12.7 Å². The first-order chi connectivity index (χ1) is 8.56. The van der Waals surface area contributed by atoms with E-state index < -0.39 is 11.4 Å². The lowest BCUT2D eigenvalue weighted by molar-refractivity contribution is 0.408. The Kier molecular flexibility index (Phi) is 3.06. The van der Waals surface area contributed by atoms with Crippen LogP contribution in [0.3, 0.4) is 0 Å². The van der Waals surface area contributed by atoms with Crippen LogP contribution in [-0.2, 0) is 0 Å². The third-order valence-electron chi connectivity index (χ3n) is 2.70. The minimum absolute atomic E-state index is 0.0610. The molecule has 0 spiro atoms. The number of nitrogens with two attached hydrogens (primary N) is 1. The first-order valence-electron chi connectivity index (χ1n) is 5.37. The fourth-order valence-electron chi connectivity index (χ4n) is 1.80. The van der Waals surface area contributed by atoms with Crippen LogP contribution in [0.2, 0.25) is 0 Å². The number of anilines is 1. The SMILES string of the molecule is COc1cccc(F)c1-n1c(C)ccc(N)c1=O. The molecule has 0 amide bonds. The number of nitrogen functional groups attached to an aromatic ring is 1. The second-order valence-corrected chi connectivity index (χ2v) is 3.86. The van der Waals surface area contributed by atoms with Crippen molar-refractivity contribution in [2.24, 2.45) is 0 Å². The first-order valence-corrected chi connectivity index (χ1v) is 5.37. The number of nitrogens with zero attached hydrogens (tertiary/aromatic N) is 1. The number of para-hydroxylation sites is 1. The lowest BCUT2D eigenvalue weighted by atomic mass is 10.2. The summed E-state index contributed by atoms with van der Waals surface area (Å²) in [5.74, 6) is -0.254. The van der Waals surface area contributed by atoms with Gasteiger partial charge in [-0.15, -0.1) is 0 Å². The number of aromatic nitrogens is 1. The van der Waals surface area contributed by atoms with Crippen molar-refractivity contribution in [2.75, 3.05) is 12.8 Å². The number of ether oxygens (including phenoxy) is 1. The van der Waals surface area contributed by atoms with Crippen LogP contribution in [0.1, 0.15) is 5.69 Å². The molecule has 2 rings (SSSR count). The zero-order valence-electron chi connectivity index (χ0n) is 10.1. The Morgan fingerprint density at radius 1 is 1.28 bits per heavy atom. The number of pyridine rings is 1. The van der Waals surface area contributed by atoms with E-state index in [-0.39, 0.29) is 17.1 Å². The predicted molar refractivity (Wildman–Crippen MR) is 67.7 cm³/mol. The summed E-state index contributed by atoms with van der Waals surface area (Å²) in [5.41, 5.74) is 5.83. The molecule has 4 nitrogen and oxygen atoms in total. The summed E-state index contributed by atoms with van der Waals surface area (Å²) in [6.07, 6.45) is 0. The summed E-state index contributed by atoms with van der Waals surface area (Å²) in [6, 6.07) is 7.54. The van der Waals surface area contributed by atoms with E-state index >= 15 is 0 Å². The average molecular weight is 248 g/mol. The van der Waals surface area contributed by atoms with Gasteiger partial charge in [0.2, 0.25) is 0 Å². The number of hydrogen-bond donors (Lipinski definition) is 1. The topological polar surface area (TPSA) is 57.2 Å². The van der Waals surface area contributed by atoms with Crippen LogP contribution in [0.25, 0.3) is 5.69 Å². The zero-order chi connectivity index (χ0) is 13.3. The van der Waals surface area contributed by atoms with Crippen LogP contribution in [0.15, 0.2) is 35.1 Å². The van der Waals surface area contributed by atoms with Gasteiger partial charge in [0.15, 0.2) is 5.82 Å². The van der Waals surface area contributed by atoms with Crippen LogP contribution in [0.4, 0.5) is 10.1 Å². The van der Waals surface area contributed by atoms with E-state index in [1.807, 2.05) is 0 Å². The number of aryl methyl sites for hydroxylation is 1. The molecule has 1 heterocycles. The molecule has 0 aliphatic carbocycles. The molecule has 0 aliphatic heterocycles. The Bertz CT molecular complexity index is 650. The maximum absolute atomic E-state index is 13.9. The maximum Gasteiger partial charge on any atom is 0.278 e. The fraction of sp³-hybridized carbons (Fsp3) is 0.154. The zero-order valence-corrected chi connectivity index (χ0v) is 10.1. The van der Waals surface area contributed by atoms with Gasteiger partial charge in [-0.2, -0.15) is 0 Å². The lowest BCUT2D eigenvalue weighted by Gasteiger charge is -2.14. The molecule has 0 atom stereocenters. The van der Waals surface area contributed by atoms with Gasteiger partial charge in [0.1, 0.15) is 11.4 Å². The van der Waals surface area contributed by atoms with E-state index in [1.54, 1.807) is 19.1 Å². The first kappa shape index (κ1) is 12.2. The molecular formula is C13H13FN2O2. The van der Waals surface area contributed by atoms with Crippen LogP contribution in [0.5, 0.6) is 5.75 Å². The smallest absolute Gasteiger partial charge is 0.278 e. The summed E-state index contributed by atoms with van der Waals surface area (Å²) in [7, 11) is 1.42. The van der Waals surface area contributed by atoms with Crippen molar-refractivity contribution in [3.63, 3.8) is 0 Å². The molecule has 1 aromatic heterocycles. The van der Waals surface area contributed by atoms with Crippen molar-refractivity contribution in [1.29, 1.82) is 0 Å². The number of methoxy groups -OCH3 is 1. The van der Waals surface area contributed by atoms with E-state index in [4.69, 9.17) is 10.5 Å². The van der Waals surface area contributed by atoms with Crippen LogP contribution in [-0.4, -0.2) is 11.7 Å². The molecule has 94 valence electrons. The summed E-state index contributed by atoms with van der Waals surface area (Å²) < 4.78 is 20.2. The normalized spacial score (nSPS) is 10.4. The minimum Gasteiger partial charge on any atom is -0.494 e. The molecule has 2 aromatic rings. The molecule has 0 aliphatic rings. The Labute approximate surface area is 103 Å². The molecule has 0 unspecified atom stereocenters. The Hall–Kier alpha value is -2.30. The van der Waals surface area contributed by atoms with Crippen molar-refractivity contribution < 1.29 is 9.13 Å². The molecule has 1 aromatic carbocycles. The largest absolute Gasteiger partial charge is 0.494 e. The molecular weight excluding hydrogens is 235 g/mol. The monoisotopic (exact) mass is 248 g/mol. The number of hydrogen-bond acceptors (Lipinski definition) is 3. The Balaban J connectivity index is 2.85. The van der Waals surface area contributed by atoms with E-state index in [1.165, 1.54) is 29.9 Å². The number of benzene rings is 1. The average Bonchev–Trinajstić information content (AvgIpc) is 2.36. The van der Waals surface area contributed by atoms with Crippen molar-refractivity contribution >= 4 is 5.69 Å². The summed E-state index contributed by atoms with van der Waals surface area (Å²) >= 11 is 0. The molecule has 0 saturated carbocycles. The highest BCUT2D eigenvalue weighted by Crippen LogP contribution is 2.25. The third kappa shape index (κ3) is 1.84. The molecule has 0 fully saturated rings. The molecule has 0 bridgehead atoms. The molecule has 2 N–H and O–H groups in total. The molecule has 0 saturated heterocycles. The highest BCUT2D eigenvalue weighted by atomic mass is 19.1. The molecule has 5 heteroatoms. The van der Waals surface area contributed by atoms with Gasteiger partial charge in [0, 0.05) is 5.69 Å². The second-order valence-electron chi connectivity index (χ2n) is 3.86. The molecule has 18 heavy (non-hydrogen) atoms. The van der Waals surface area contributed by atoms with E-state index in [2.05, 4.69) is 0 Å². The fourth-order valence-corrected chi connectivity index (χ4v) is 1.80. The van der Waals surface area contributed by atoms with Gasteiger partial charge in [0.25, 0.3) is 5.56 Å². The second kappa shape index (κ2) is 4.52. The van der Waals surface area contributed by atoms with Crippen LogP contribution < -0.4 is 16.0 Å². The summed E-state index contributed by atoms with van der Waals surface area (Å²) in [4.78, 5) is 12.0. The predicted octanol–water partition coefficient (Wildman–Crippen LogP) is 1.88. The molecule has 0 radical (unpaired) electrons. The van der Waals surface area contributed by atoms with Gasteiger partial charge in [-0.3, -0.25) is 9.36 Å². The summed E-state index contributed by atoms with van der Waals surface area (Å²) in [6.45, 7) is 1.70. The number of halogens is 1. The van der Waals surface area contributed by atoms with Gasteiger partial charge < -0.3 is 10.5 Å². The maximum atomic E-state index is 13.9. The minimum atomic E-state index is -0.537. The Morgan fingerprint density at radius 3 is 2.67 bits per heavy atom. The number of rotatable bonds is 2. The van der Waals surface area contributed by atoms with Gasteiger partial charge in [-0.1, -0.05) is 6.07 Å². The third-order valence-corrected chi connectivity index (χ3v) is 2.70. The van der Waals surface area contributed by atoms with Gasteiger partial charge in [-0.05, 0) is 31.2 Å². The van der Waals surface area contributed by atoms with E-state index in [0.717, 1.165) is 0 Å². The summed E-state index contributed by atoms with van der Waals surface area (Å²) in [5, 5.41) is 0. The highest BCUT2D eigenvalue weighted by Gasteiger charge is 2.15. The highest BCUT2D eigenvalue weighted by molar-refractivity contribution is 5.51. The van der Waals surface area contributed by atoms with Crippen molar-refractivity contribution in [3.8, 4) is 11.4 Å².